The third-order valence-electron chi connectivity index (χ3n) is 2.94. The van der Waals surface area contributed by atoms with Gasteiger partial charge in [-0.25, -0.2) is 4.79 Å². The predicted octanol–water partition coefficient (Wildman–Crippen LogP) is 2.36. The number of aromatic carboxylic acids is 1. The largest absolute Gasteiger partial charge is 0.478 e. The van der Waals surface area contributed by atoms with E-state index in [4.69, 9.17) is 5.11 Å². The molecule has 1 amide bonds. The van der Waals surface area contributed by atoms with Crippen molar-refractivity contribution >= 4 is 11.9 Å². The van der Waals surface area contributed by atoms with Gasteiger partial charge in [0.2, 0.25) is 0 Å². The van der Waals surface area contributed by atoms with E-state index in [1.54, 1.807) is 36.4 Å². The minimum atomic E-state index is -0.936. The molecule has 102 valence electrons. The zero-order valence-electron chi connectivity index (χ0n) is 10.9. The molecule has 0 aromatic heterocycles. The van der Waals surface area contributed by atoms with Gasteiger partial charge in [0.15, 0.2) is 0 Å². The lowest BCUT2D eigenvalue weighted by Crippen LogP contribution is -2.25. The van der Waals surface area contributed by atoms with Gasteiger partial charge >= 0.3 is 5.97 Å². The maximum absolute atomic E-state index is 11.8. The molecule has 0 aliphatic heterocycles. The van der Waals surface area contributed by atoms with Crippen molar-refractivity contribution in [2.75, 3.05) is 6.54 Å². The van der Waals surface area contributed by atoms with Crippen molar-refractivity contribution in [3.63, 3.8) is 0 Å². The summed E-state index contributed by atoms with van der Waals surface area (Å²) < 4.78 is 0. The van der Waals surface area contributed by atoms with Gasteiger partial charge in [0.25, 0.3) is 5.91 Å². The van der Waals surface area contributed by atoms with E-state index in [2.05, 4.69) is 5.32 Å². The van der Waals surface area contributed by atoms with E-state index < -0.39 is 5.97 Å². The highest BCUT2D eigenvalue weighted by Gasteiger charge is 2.04. The molecule has 0 heterocycles. The number of amides is 1. The van der Waals surface area contributed by atoms with E-state index in [0.717, 1.165) is 5.56 Å². The maximum atomic E-state index is 11.8. The zero-order valence-corrected chi connectivity index (χ0v) is 10.9. The molecule has 4 heteroatoms. The van der Waals surface area contributed by atoms with Crippen LogP contribution in [0, 0.1) is 0 Å². The highest BCUT2D eigenvalue weighted by molar-refractivity contribution is 5.94. The standard InChI is InChI=1S/C16H15NO3/c18-15(13-4-2-1-3-5-13)17-11-10-12-6-8-14(9-7-12)16(19)20/h1-9H,10-11H2,(H,17,18)(H,19,20). The van der Waals surface area contributed by atoms with Crippen LogP contribution in [-0.4, -0.2) is 23.5 Å². The van der Waals surface area contributed by atoms with Gasteiger partial charge in [-0.3, -0.25) is 4.79 Å². The van der Waals surface area contributed by atoms with E-state index in [-0.39, 0.29) is 11.5 Å². The van der Waals surface area contributed by atoms with Crippen molar-refractivity contribution in [2.45, 2.75) is 6.42 Å². The first-order valence-corrected chi connectivity index (χ1v) is 6.32. The van der Waals surface area contributed by atoms with Gasteiger partial charge in [-0.15, -0.1) is 0 Å². The summed E-state index contributed by atoms with van der Waals surface area (Å²) in [7, 11) is 0. The lowest BCUT2D eigenvalue weighted by Gasteiger charge is -2.05. The van der Waals surface area contributed by atoms with E-state index in [0.29, 0.717) is 18.5 Å². The summed E-state index contributed by atoms with van der Waals surface area (Å²) in [6.45, 7) is 0.514. The van der Waals surface area contributed by atoms with Crippen LogP contribution >= 0.6 is 0 Å². The van der Waals surface area contributed by atoms with Crippen LogP contribution in [0.4, 0.5) is 0 Å². The van der Waals surface area contributed by atoms with Gasteiger partial charge in [-0.2, -0.15) is 0 Å². The number of rotatable bonds is 5. The van der Waals surface area contributed by atoms with Crippen LogP contribution in [0.25, 0.3) is 0 Å². The summed E-state index contributed by atoms with van der Waals surface area (Å²) in [5.41, 5.74) is 1.89. The molecule has 2 rings (SSSR count). The molecule has 2 aromatic rings. The van der Waals surface area contributed by atoms with E-state index in [1.807, 2.05) is 18.2 Å². The number of carbonyl (C=O) groups is 2. The highest BCUT2D eigenvalue weighted by Crippen LogP contribution is 2.05. The summed E-state index contributed by atoms with van der Waals surface area (Å²) >= 11 is 0. The smallest absolute Gasteiger partial charge is 0.335 e. The Kier molecular flexibility index (Phi) is 4.50. The van der Waals surface area contributed by atoms with Crippen LogP contribution < -0.4 is 5.32 Å². The fraction of sp³-hybridized carbons (Fsp3) is 0.125. The highest BCUT2D eigenvalue weighted by atomic mass is 16.4. The lowest BCUT2D eigenvalue weighted by molar-refractivity contribution is 0.0696. The Morgan fingerprint density at radius 1 is 0.900 bits per heavy atom. The van der Waals surface area contributed by atoms with Crippen LogP contribution in [0.5, 0.6) is 0 Å². The fourth-order valence-electron chi connectivity index (χ4n) is 1.83. The third-order valence-corrected chi connectivity index (χ3v) is 2.94. The van der Waals surface area contributed by atoms with Gasteiger partial charge in [0.05, 0.1) is 5.56 Å². The molecule has 0 bridgehead atoms. The molecule has 0 fully saturated rings. The molecule has 0 aliphatic carbocycles. The van der Waals surface area contributed by atoms with Gasteiger partial charge in [-0.1, -0.05) is 30.3 Å². The Labute approximate surface area is 117 Å². The quantitative estimate of drug-likeness (QED) is 0.875. The summed E-state index contributed by atoms with van der Waals surface area (Å²) in [6.07, 6.45) is 0.665. The molecule has 4 nitrogen and oxygen atoms in total. The van der Waals surface area contributed by atoms with Crippen molar-refractivity contribution in [1.29, 1.82) is 0 Å². The van der Waals surface area contributed by atoms with Gasteiger partial charge in [0.1, 0.15) is 0 Å². The number of carboxylic acid groups (broad SMARTS) is 1. The van der Waals surface area contributed by atoms with Crippen LogP contribution in [0.2, 0.25) is 0 Å². The first-order chi connectivity index (χ1) is 9.66. The summed E-state index contributed by atoms with van der Waals surface area (Å²) in [4.78, 5) is 22.5. The monoisotopic (exact) mass is 269 g/mol. The molecule has 0 unspecified atom stereocenters. The lowest BCUT2D eigenvalue weighted by atomic mass is 10.1. The number of nitrogens with one attached hydrogen (secondary N) is 1. The SMILES string of the molecule is O=C(O)c1ccc(CCNC(=O)c2ccccc2)cc1. The third kappa shape index (κ3) is 3.68. The molecule has 0 atom stereocenters. The number of carboxylic acids is 1. The fourth-order valence-corrected chi connectivity index (χ4v) is 1.83. The average molecular weight is 269 g/mol. The molecule has 0 saturated carbocycles. The Balaban J connectivity index is 1.84. The Hall–Kier alpha value is -2.62. The Morgan fingerprint density at radius 2 is 1.55 bits per heavy atom. The number of carbonyl (C=O) groups excluding carboxylic acids is 1. The van der Waals surface area contributed by atoms with Crippen LogP contribution in [0.3, 0.4) is 0 Å². The number of hydrogen-bond donors (Lipinski definition) is 2. The molecule has 0 radical (unpaired) electrons. The molecular weight excluding hydrogens is 254 g/mol. The molecule has 2 N–H and O–H groups in total. The summed E-state index contributed by atoms with van der Waals surface area (Å²) in [5, 5.41) is 11.6. The first-order valence-electron chi connectivity index (χ1n) is 6.32. The first kappa shape index (κ1) is 13.8. The second kappa shape index (κ2) is 6.52. The predicted molar refractivity (Wildman–Crippen MR) is 75.9 cm³/mol. The second-order valence-corrected chi connectivity index (χ2v) is 4.37. The molecule has 0 aliphatic rings. The van der Waals surface area contributed by atoms with Gasteiger partial charge in [0, 0.05) is 12.1 Å². The molecule has 2 aromatic carbocycles. The second-order valence-electron chi connectivity index (χ2n) is 4.37. The average Bonchev–Trinajstić information content (AvgIpc) is 2.48. The van der Waals surface area contributed by atoms with Crippen molar-refractivity contribution in [3.8, 4) is 0 Å². The summed E-state index contributed by atoms with van der Waals surface area (Å²) in [5.74, 6) is -1.04. The van der Waals surface area contributed by atoms with Gasteiger partial charge < -0.3 is 10.4 Å². The van der Waals surface area contributed by atoms with Crippen molar-refractivity contribution in [1.82, 2.24) is 5.32 Å². The topological polar surface area (TPSA) is 66.4 Å². The van der Waals surface area contributed by atoms with Crippen molar-refractivity contribution in [3.05, 3.63) is 71.3 Å². The Morgan fingerprint density at radius 3 is 2.15 bits per heavy atom. The van der Waals surface area contributed by atoms with Crippen LogP contribution in [0.15, 0.2) is 54.6 Å². The Bertz CT molecular complexity index is 591. The molecule has 0 saturated heterocycles. The van der Waals surface area contributed by atoms with E-state index >= 15 is 0 Å². The molecule has 0 spiro atoms. The maximum Gasteiger partial charge on any atom is 0.335 e. The van der Waals surface area contributed by atoms with Crippen LogP contribution in [-0.2, 0) is 6.42 Å². The minimum absolute atomic E-state index is 0.104. The van der Waals surface area contributed by atoms with E-state index in [1.165, 1.54) is 0 Å². The number of benzene rings is 2. The van der Waals surface area contributed by atoms with E-state index in [9.17, 15) is 9.59 Å². The van der Waals surface area contributed by atoms with Crippen molar-refractivity contribution in [2.24, 2.45) is 0 Å². The molecular formula is C16H15NO3. The minimum Gasteiger partial charge on any atom is -0.478 e. The summed E-state index contributed by atoms with van der Waals surface area (Å²) in [6, 6.07) is 15.7. The normalized spacial score (nSPS) is 10.0. The van der Waals surface area contributed by atoms with Crippen molar-refractivity contribution < 1.29 is 14.7 Å². The zero-order chi connectivity index (χ0) is 14.4. The van der Waals surface area contributed by atoms with Crippen LogP contribution in [0.1, 0.15) is 26.3 Å². The number of hydrogen-bond acceptors (Lipinski definition) is 2. The molecule has 20 heavy (non-hydrogen) atoms. The van der Waals surface area contributed by atoms with Gasteiger partial charge in [-0.05, 0) is 36.2 Å².